The average molecular weight is 411 g/mol. The number of nitrogens with zero attached hydrogens (tertiary/aromatic N) is 3. The van der Waals surface area contributed by atoms with Crippen LogP contribution in [0.15, 0.2) is 36.7 Å². The fraction of sp³-hybridized carbons (Fsp3) is 0.421. The van der Waals surface area contributed by atoms with Crippen LogP contribution in [0, 0.1) is 0 Å². The Kier molecular flexibility index (Phi) is 6.40. The number of methoxy groups -OCH3 is 1. The maximum absolute atomic E-state index is 12.8. The molecule has 0 bridgehead atoms. The van der Waals surface area contributed by atoms with Crippen LogP contribution in [0.2, 0.25) is 0 Å². The molecule has 10 heteroatoms. The number of hydrogen-bond acceptors (Lipinski definition) is 6. The van der Waals surface area contributed by atoms with Gasteiger partial charge in [0.25, 0.3) is 5.91 Å². The van der Waals surface area contributed by atoms with Crippen molar-refractivity contribution in [1.82, 2.24) is 14.9 Å². The molecule has 2 aromatic rings. The SMILES string of the molecule is COc1cncc(OC2CCCN(C(=O)COc3cccc(C(F)(F)F)c3)C2)n1. The van der Waals surface area contributed by atoms with Crippen molar-refractivity contribution in [3.8, 4) is 17.5 Å². The summed E-state index contributed by atoms with van der Waals surface area (Å²) in [5.74, 6) is 0.279. The Bertz CT molecular complexity index is 847. The Morgan fingerprint density at radius 2 is 2.07 bits per heavy atom. The second-order valence-corrected chi connectivity index (χ2v) is 6.44. The fourth-order valence-electron chi connectivity index (χ4n) is 2.92. The quantitative estimate of drug-likeness (QED) is 0.728. The molecule has 2 heterocycles. The molecule has 0 saturated carbocycles. The molecule has 1 aromatic heterocycles. The van der Waals surface area contributed by atoms with Crippen molar-refractivity contribution < 1.29 is 32.2 Å². The Morgan fingerprint density at radius 3 is 2.83 bits per heavy atom. The van der Waals surface area contributed by atoms with E-state index in [0.29, 0.717) is 24.8 Å². The van der Waals surface area contributed by atoms with Gasteiger partial charge in [0.1, 0.15) is 11.9 Å². The molecule has 156 valence electrons. The van der Waals surface area contributed by atoms with Crippen molar-refractivity contribution in [2.24, 2.45) is 0 Å². The normalized spacial score (nSPS) is 17.0. The number of rotatable bonds is 6. The van der Waals surface area contributed by atoms with Gasteiger partial charge in [-0.25, -0.2) is 0 Å². The molecule has 0 N–H and O–H groups in total. The van der Waals surface area contributed by atoms with Gasteiger partial charge in [0, 0.05) is 6.54 Å². The van der Waals surface area contributed by atoms with E-state index in [9.17, 15) is 18.0 Å². The van der Waals surface area contributed by atoms with Crippen LogP contribution in [0.25, 0.3) is 0 Å². The molecule has 1 aromatic carbocycles. The maximum Gasteiger partial charge on any atom is 0.416 e. The number of hydrogen-bond donors (Lipinski definition) is 0. The van der Waals surface area contributed by atoms with Gasteiger partial charge in [-0.05, 0) is 31.0 Å². The summed E-state index contributed by atoms with van der Waals surface area (Å²) in [6.07, 6.45) is -0.379. The van der Waals surface area contributed by atoms with Gasteiger partial charge in [-0.2, -0.15) is 18.2 Å². The lowest BCUT2D eigenvalue weighted by atomic mass is 10.1. The number of halogens is 3. The van der Waals surface area contributed by atoms with Gasteiger partial charge < -0.3 is 19.1 Å². The van der Waals surface area contributed by atoms with Gasteiger partial charge in [-0.15, -0.1) is 0 Å². The van der Waals surface area contributed by atoms with Gasteiger partial charge in [0.05, 0.1) is 31.6 Å². The zero-order chi connectivity index (χ0) is 20.9. The van der Waals surface area contributed by atoms with Crippen molar-refractivity contribution in [3.05, 3.63) is 42.2 Å². The highest BCUT2D eigenvalue weighted by molar-refractivity contribution is 5.78. The Labute approximate surface area is 165 Å². The van der Waals surface area contributed by atoms with E-state index in [1.54, 1.807) is 4.90 Å². The van der Waals surface area contributed by atoms with Crippen molar-refractivity contribution in [2.75, 3.05) is 26.8 Å². The molecule has 0 aliphatic carbocycles. The van der Waals surface area contributed by atoms with Crippen LogP contribution < -0.4 is 14.2 Å². The van der Waals surface area contributed by atoms with Crippen LogP contribution in [-0.4, -0.2) is 53.7 Å². The number of ether oxygens (including phenoxy) is 3. The third-order valence-electron chi connectivity index (χ3n) is 4.34. The highest BCUT2D eigenvalue weighted by atomic mass is 19.4. The molecule has 1 saturated heterocycles. The number of benzene rings is 1. The summed E-state index contributed by atoms with van der Waals surface area (Å²) in [6, 6.07) is 4.44. The maximum atomic E-state index is 12.8. The van der Waals surface area contributed by atoms with E-state index in [1.165, 1.54) is 31.6 Å². The van der Waals surface area contributed by atoms with Crippen LogP contribution in [-0.2, 0) is 11.0 Å². The summed E-state index contributed by atoms with van der Waals surface area (Å²) in [5, 5.41) is 0. The minimum atomic E-state index is -4.47. The monoisotopic (exact) mass is 411 g/mol. The van der Waals surface area contributed by atoms with Crippen molar-refractivity contribution in [1.29, 1.82) is 0 Å². The molecule has 1 fully saturated rings. The third kappa shape index (κ3) is 5.72. The van der Waals surface area contributed by atoms with E-state index >= 15 is 0 Å². The second-order valence-electron chi connectivity index (χ2n) is 6.44. The van der Waals surface area contributed by atoms with Crippen LogP contribution in [0.5, 0.6) is 17.5 Å². The number of alkyl halides is 3. The van der Waals surface area contributed by atoms with E-state index in [0.717, 1.165) is 25.0 Å². The van der Waals surface area contributed by atoms with E-state index in [1.807, 2.05) is 0 Å². The summed E-state index contributed by atoms with van der Waals surface area (Å²) in [5.41, 5.74) is -0.826. The van der Waals surface area contributed by atoms with E-state index in [4.69, 9.17) is 14.2 Å². The first kappa shape index (κ1) is 20.7. The minimum absolute atomic E-state index is 0.00959. The van der Waals surface area contributed by atoms with Gasteiger partial charge in [-0.1, -0.05) is 6.07 Å². The highest BCUT2D eigenvalue weighted by Crippen LogP contribution is 2.31. The van der Waals surface area contributed by atoms with Gasteiger partial charge in [0.2, 0.25) is 11.8 Å². The molecule has 0 spiro atoms. The first-order chi connectivity index (χ1) is 13.8. The van der Waals surface area contributed by atoms with Crippen molar-refractivity contribution in [2.45, 2.75) is 25.1 Å². The van der Waals surface area contributed by atoms with E-state index in [2.05, 4.69) is 9.97 Å². The van der Waals surface area contributed by atoms with E-state index in [-0.39, 0.29) is 24.4 Å². The minimum Gasteiger partial charge on any atom is -0.484 e. The first-order valence-corrected chi connectivity index (χ1v) is 8.95. The number of likely N-dealkylation sites (tertiary alicyclic amines) is 1. The predicted molar refractivity (Wildman–Crippen MR) is 95.8 cm³/mol. The molecule has 0 radical (unpaired) electrons. The largest absolute Gasteiger partial charge is 0.484 e. The van der Waals surface area contributed by atoms with Crippen LogP contribution in [0.4, 0.5) is 13.2 Å². The molecule has 1 unspecified atom stereocenters. The number of aromatic nitrogens is 2. The molecule has 29 heavy (non-hydrogen) atoms. The zero-order valence-corrected chi connectivity index (χ0v) is 15.7. The summed E-state index contributed by atoms with van der Waals surface area (Å²) in [4.78, 5) is 22.1. The summed E-state index contributed by atoms with van der Waals surface area (Å²) in [6.45, 7) is 0.491. The number of amides is 1. The van der Waals surface area contributed by atoms with E-state index < -0.39 is 11.7 Å². The smallest absolute Gasteiger partial charge is 0.416 e. The summed E-state index contributed by atoms with van der Waals surface area (Å²) < 4.78 is 54.3. The molecular weight excluding hydrogens is 391 g/mol. The lowest BCUT2D eigenvalue weighted by molar-refractivity contribution is -0.137. The number of piperidine rings is 1. The third-order valence-corrected chi connectivity index (χ3v) is 4.34. The van der Waals surface area contributed by atoms with Crippen LogP contribution in [0.3, 0.4) is 0 Å². The number of carbonyl (C=O) groups excluding carboxylic acids is 1. The lowest BCUT2D eigenvalue weighted by Gasteiger charge is -2.32. The molecule has 1 aliphatic heterocycles. The first-order valence-electron chi connectivity index (χ1n) is 8.95. The van der Waals surface area contributed by atoms with Gasteiger partial charge in [0.15, 0.2) is 6.61 Å². The average Bonchev–Trinajstić information content (AvgIpc) is 2.72. The molecule has 1 atom stereocenters. The molecule has 1 aliphatic rings. The van der Waals surface area contributed by atoms with Crippen LogP contribution >= 0.6 is 0 Å². The molecular formula is C19H20F3N3O4. The number of carbonyl (C=O) groups is 1. The standard InChI is InChI=1S/C19H20F3N3O4/c1-27-16-9-23-10-17(24-16)29-15-6-3-7-25(11-15)18(26)12-28-14-5-2-4-13(8-14)19(20,21)22/h2,4-5,8-10,15H,3,6-7,11-12H2,1H3. The fourth-order valence-corrected chi connectivity index (χ4v) is 2.92. The zero-order valence-electron chi connectivity index (χ0n) is 15.7. The summed E-state index contributed by atoms with van der Waals surface area (Å²) in [7, 11) is 1.47. The Hall–Kier alpha value is -3.04. The van der Waals surface area contributed by atoms with Crippen LogP contribution in [0.1, 0.15) is 18.4 Å². The molecule has 7 nitrogen and oxygen atoms in total. The highest BCUT2D eigenvalue weighted by Gasteiger charge is 2.31. The van der Waals surface area contributed by atoms with Crippen molar-refractivity contribution in [3.63, 3.8) is 0 Å². The summed E-state index contributed by atoms with van der Waals surface area (Å²) >= 11 is 0. The second kappa shape index (κ2) is 8.97. The molecule has 1 amide bonds. The predicted octanol–water partition coefficient (Wildman–Crippen LogP) is 2.95. The van der Waals surface area contributed by atoms with Gasteiger partial charge in [-0.3, -0.25) is 9.78 Å². The lowest BCUT2D eigenvalue weighted by Crippen LogP contribution is -2.46. The topological polar surface area (TPSA) is 73.8 Å². The molecule has 3 rings (SSSR count). The van der Waals surface area contributed by atoms with Crippen molar-refractivity contribution >= 4 is 5.91 Å². The Balaban J connectivity index is 1.54. The Morgan fingerprint density at radius 1 is 1.28 bits per heavy atom. The van der Waals surface area contributed by atoms with Gasteiger partial charge >= 0.3 is 6.18 Å².